The normalized spacial score (nSPS) is 13.7. The van der Waals surface area contributed by atoms with Crippen LogP contribution in [0.15, 0.2) is 42.9 Å². The maximum Gasteiger partial charge on any atom is 0.433 e. The van der Waals surface area contributed by atoms with Gasteiger partial charge in [-0.2, -0.15) is 23.3 Å². The van der Waals surface area contributed by atoms with Crippen molar-refractivity contribution in [2.45, 2.75) is 51.9 Å². The molecule has 0 aliphatic rings. The molecule has 4 heterocycles. The molecule has 0 saturated carbocycles. The van der Waals surface area contributed by atoms with Gasteiger partial charge in [-0.25, -0.2) is 4.52 Å². The molecular weight excluding hydrogens is 461 g/mol. The van der Waals surface area contributed by atoms with E-state index in [1.165, 1.54) is 16.8 Å². The van der Waals surface area contributed by atoms with Gasteiger partial charge in [-0.1, -0.05) is 19.9 Å². The summed E-state index contributed by atoms with van der Waals surface area (Å²) in [6.07, 6.45) is 1.47. The highest BCUT2D eigenvalue weighted by atomic mass is 19.4. The van der Waals surface area contributed by atoms with Crippen LogP contribution in [0.1, 0.15) is 61.4 Å². The SMILES string of the molecule is CCC(c1ccc(C(F)(F)F)nc1)n1cc(-c2cc(C(=O)N[C@@H](C)CC)n3nc(N)nc3c2)cn1. The van der Waals surface area contributed by atoms with Crippen molar-refractivity contribution in [3.05, 3.63) is 59.8 Å². The van der Waals surface area contributed by atoms with E-state index < -0.39 is 11.9 Å². The van der Waals surface area contributed by atoms with Gasteiger partial charge >= 0.3 is 6.18 Å². The molecule has 0 spiro atoms. The van der Waals surface area contributed by atoms with Gasteiger partial charge in [0.2, 0.25) is 5.95 Å². The van der Waals surface area contributed by atoms with Crippen LogP contribution in [0.5, 0.6) is 0 Å². The topological polar surface area (TPSA) is 116 Å². The summed E-state index contributed by atoms with van der Waals surface area (Å²) in [5.41, 5.74) is 7.48. The molecule has 3 N–H and O–H groups in total. The van der Waals surface area contributed by atoms with Crippen LogP contribution in [0, 0.1) is 0 Å². The van der Waals surface area contributed by atoms with Crippen molar-refractivity contribution in [1.29, 1.82) is 0 Å². The average molecular weight is 487 g/mol. The van der Waals surface area contributed by atoms with E-state index in [0.717, 1.165) is 12.5 Å². The van der Waals surface area contributed by atoms with E-state index in [2.05, 4.69) is 25.5 Å². The molecule has 4 aromatic rings. The summed E-state index contributed by atoms with van der Waals surface area (Å²) in [6.45, 7) is 5.78. The molecule has 0 saturated heterocycles. The van der Waals surface area contributed by atoms with Gasteiger partial charge in [-0.15, -0.1) is 5.10 Å². The number of nitrogens with one attached hydrogen (secondary N) is 1. The number of rotatable bonds is 7. The van der Waals surface area contributed by atoms with Crippen molar-refractivity contribution in [2.75, 3.05) is 5.73 Å². The minimum atomic E-state index is -4.50. The second kappa shape index (κ2) is 9.35. The Labute approximate surface area is 199 Å². The fraction of sp³-hybridized carbons (Fsp3) is 0.348. The number of aromatic nitrogens is 6. The second-order valence-electron chi connectivity index (χ2n) is 8.26. The van der Waals surface area contributed by atoms with Crippen LogP contribution in [-0.2, 0) is 6.18 Å². The number of pyridine rings is 2. The van der Waals surface area contributed by atoms with Gasteiger partial charge in [0.25, 0.3) is 5.91 Å². The quantitative estimate of drug-likeness (QED) is 0.406. The molecule has 0 aliphatic carbocycles. The van der Waals surface area contributed by atoms with Gasteiger partial charge in [0, 0.05) is 24.0 Å². The Balaban J connectivity index is 1.69. The first-order valence-electron chi connectivity index (χ1n) is 11.2. The molecule has 1 amide bonds. The van der Waals surface area contributed by atoms with Crippen LogP contribution in [0.2, 0.25) is 0 Å². The predicted octanol–water partition coefficient (Wildman–Crippen LogP) is 4.12. The number of fused-ring (bicyclic) bond motifs is 1. The highest BCUT2D eigenvalue weighted by molar-refractivity contribution is 5.95. The van der Waals surface area contributed by atoms with E-state index in [0.29, 0.717) is 28.8 Å². The maximum absolute atomic E-state index is 12.9. The third-order valence-electron chi connectivity index (χ3n) is 5.78. The third-order valence-corrected chi connectivity index (χ3v) is 5.78. The lowest BCUT2D eigenvalue weighted by Crippen LogP contribution is -2.33. The zero-order valence-corrected chi connectivity index (χ0v) is 19.4. The number of nitrogen functional groups attached to an aromatic ring is 1. The van der Waals surface area contributed by atoms with E-state index in [1.807, 2.05) is 20.8 Å². The van der Waals surface area contributed by atoms with Crippen LogP contribution < -0.4 is 11.1 Å². The molecule has 184 valence electrons. The number of carbonyl (C=O) groups is 1. The van der Waals surface area contributed by atoms with Crippen molar-refractivity contribution in [3.63, 3.8) is 0 Å². The Hall–Kier alpha value is -3.96. The fourth-order valence-electron chi connectivity index (χ4n) is 3.73. The van der Waals surface area contributed by atoms with Gasteiger partial charge in [-0.05, 0) is 49.1 Å². The fourth-order valence-corrected chi connectivity index (χ4v) is 3.73. The van der Waals surface area contributed by atoms with Gasteiger partial charge < -0.3 is 11.1 Å². The number of halogens is 3. The van der Waals surface area contributed by atoms with Crippen molar-refractivity contribution < 1.29 is 18.0 Å². The molecular formula is C23H25F3N8O. The first kappa shape index (κ1) is 24.2. The lowest BCUT2D eigenvalue weighted by molar-refractivity contribution is -0.141. The zero-order chi connectivity index (χ0) is 25.3. The summed E-state index contributed by atoms with van der Waals surface area (Å²) in [6, 6.07) is 5.44. The molecule has 1 unspecified atom stereocenters. The third kappa shape index (κ3) is 4.96. The average Bonchev–Trinajstić information content (AvgIpc) is 3.44. The highest BCUT2D eigenvalue weighted by Gasteiger charge is 2.32. The molecule has 0 bridgehead atoms. The largest absolute Gasteiger partial charge is 0.433 e. The Morgan fingerprint density at radius 3 is 2.54 bits per heavy atom. The molecule has 2 atom stereocenters. The van der Waals surface area contributed by atoms with E-state index in [1.54, 1.807) is 29.2 Å². The minimum absolute atomic E-state index is 0.0347. The van der Waals surface area contributed by atoms with E-state index >= 15 is 0 Å². The van der Waals surface area contributed by atoms with Gasteiger partial charge in [0.05, 0.1) is 12.2 Å². The lowest BCUT2D eigenvalue weighted by atomic mass is 10.1. The first-order chi connectivity index (χ1) is 16.6. The number of alkyl halides is 3. The maximum atomic E-state index is 12.9. The zero-order valence-electron chi connectivity index (χ0n) is 19.4. The number of hydrogen-bond acceptors (Lipinski definition) is 6. The summed E-state index contributed by atoms with van der Waals surface area (Å²) in [5, 5.41) is 11.5. The smallest absolute Gasteiger partial charge is 0.366 e. The molecule has 0 fully saturated rings. The van der Waals surface area contributed by atoms with Gasteiger partial charge in [0.15, 0.2) is 5.65 Å². The second-order valence-corrected chi connectivity index (χ2v) is 8.26. The van der Waals surface area contributed by atoms with Crippen LogP contribution in [-0.4, -0.2) is 41.3 Å². The lowest BCUT2D eigenvalue weighted by Gasteiger charge is -2.16. The monoisotopic (exact) mass is 486 g/mol. The van der Waals surface area contributed by atoms with Crippen LogP contribution in [0.4, 0.5) is 19.1 Å². The summed E-state index contributed by atoms with van der Waals surface area (Å²) in [4.78, 5) is 20.7. The van der Waals surface area contributed by atoms with Crippen LogP contribution in [0.3, 0.4) is 0 Å². The number of amides is 1. The number of anilines is 1. The highest BCUT2D eigenvalue weighted by Crippen LogP contribution is 2.30. The van der Waals surface area contributed by atoms with E-state index in [-0.39, 0.29) is 29.6 Å². The minimum Gasteiger partial charge on any atom is -0.366 e. The molecule has 4 aromatic heterocycles. The molecule has 0 radical (unpaired) electrons. The van der Waals surface area contributed by atoms with Crippen molar-refractivity contribution in [1.82, 2.24) is 34.7 Å². The van der Waals surface area contributed by atoms with Crippen LogP contribution in [0.25, 0.3) is 16.8 Å². The predicted molar refractivity (Wildman–Crippen MR) is 124 cm³/mol. The molecule has 9 nitrogen and oxygen atoms in total. The van der Waals surface area contributed by atoms with E-state index in [4.69, 9.17) is 5.73 Å². The van der Waals surface area contributed by atoms with E-state index in [9.17, 15) is 18.0 Å². The molecule has 35 heavy (non-hydrogen) atoms. The molecule has 0 aromatic carbocycles. The van der Waals surface area contributed by atoms with Crippen molar-refractivity contribution in [2.24, 2.45) is 0 Å². The van der Waals surface area contributed by atoms with Crippen molar-refractivity contribution >= 4 is 17.5 Å². The Morgan fingerprint density at radius 2 is 1.91 bits per heavy atom. The number of hydrogen-bond donors (Lipinski definition) is 2. The standard InChI is InChI=1S/C23H25F3N8O/c1-4-13(3)30-21(35)18-8-15(9-20-31-22(27)32-34(18)20)16-11-29-33(12-16)17(5-2)14-6-7-19(28-10-14)23(24,25)26/h6-13,17H,4-5H2,1-3H3,(H2,27,32)(H,30,35)/t13-,17?/m0/s1. The molecule has 12 heteroatoms. The number of carbonyl (C=O) groups excluding carboxylic acids is 1. The van der Waals surface area contributed by atoms with Crippen molar-refractivity contribution in [3.8, 4) is 11.1 Å². The Bertz CT molecular complexity index is 1340. The Morgan fingerprint density at radius 1 is 1.14 bits per heavy atom. The summed E-state index contributed by atoms with van der Waals surface area (Å²) >= 11 is 0. The van der Waals surface area contributed by atoms with Crippen LogP contribution >= 0.6 is 0 Å². The number of nitrogens with zero attached hydrogens (tertiary/aromatic N) is 6. The van der Waals surface area contributed by atoms with Gasteiger partial charge in [-0.3, -0.25) is 14.5 Å². The summed E-state index contributed by atoms with van der Waals surface area (Å²) in [7, 11) is 0. The first-order valence-corrected chi connectivity index (χ1v) is 11.2. The van der Waals surface area contributed by atoms with Gasteiger partial charge in [0.1, 0.15) is 11.4 Å². The summed E-state index contributed by atoms with van der Waals surface area (Å²) < 4.78 is 41.7. The Kier molecular flexibility index (Phi) is 6.46. The number of nitrogens with two attached hydrogens (primary N) is 1. The summed E-state index contributed by atoms with van der Waals surface area (Å²) in [5.74, 6) is -0.276. The molecule has 0 aliphatic heterocycles. The molecule has 4 rings (SSSR count).